The molecule has 5 heteroatoms. The van der Waals surface area contributed by atoms with Gasteiger partial charge < -0.3 is 11.1 Å². The van der Waals surface area contributed by atoms with Crippen LogP contribution < -0.4 is 11.1 Å². The molecule has 3 N–H and O–H groups in total. The lowest BCUT2D eigenvalue weighted by Gasteiger charge is -2.14. The molecule has 0 spiro atoms. The molecule has 0 radical (unpaired) electrons. The van der Waals surface area contributed by atoms with Crippen LogP contribution in [0.15, 0.2) is 47.5 Å². The lowest BCUT2D eigenvalue weighted by Crippen LogP contribution is -2.24. The van der Waals surface area contributed by atoms with Gasteiger partial charge in [0.25, 0.3) is 0 Å². The lowest BCUT2D eigenvalue weighted by atomic mass is 10.0. The molecule has 0 saturated heterocycles. The average molecular weight is 434 g/mol. The summed E-state index contributed by atoms with van der Waals surface area (Å²) in [7, 11) is 0. The van der Waals surface area contributed by atoms with E-state index in [0.717, 1.165) is 24.1 Å². The van der Waals surface area contributed by atoms with Crippen LogP contribution in [0.3, 0.4) is 0 Å². The molecule has 2 aromatic rings. The van der Waals surface area contributed by atoms with Gasteiger partial charge in [-0.25, -0.2) is 4.99 Å². The Bertz CT molecular complexity index is 725. The molecule has 0 aliphatic rings. The Kier molecular flexibility index (Phi) is 8.27. The van der Waals surface area contributed by atoms with Crippen molar-refractivity contribution in [1.82, 2.24) is 0 Å². The number of nitriles is 1. The highest BCUT2D eigenvalue weighted by Gasteiger charge is 2.07. The number of nitrogens with two attached hydrogens (primary N) is 1. The highest BCUT2D eigenvalue weighted by molar-refractivity contribution is 14.0. The Hall–Kier alpha value is -2.07. The summed E-state index contributed by atoms with van der Waals surface area (Å²) in [6, 6.07) is 15.8. The lowest BCUT2D eigenvalue weighted by molar-refractivity contribution is 1.05. The van der Waals surface area contributed by atoms with E-state index < -0.39 is 0 Å². The number of benzene rings is 2. The molecule has 0 heterocycles. The fourth-order valence-electron chi connectivity index (χ4n) is 2.49. The molecular weight excluding hydrogens is 411 g/mol. The third-order valence-corrected chi connectivity index (χ3v) is 3.74. The summed E-state index contributed by atoms with van der Waals surface area (Å²) in [6.45, 7) is 4.70. The van der Waals surface area contributed by atoms with E-state index in [-0.39, 0.29) is 24.0 Å². The highest BCUT2D eigenvalue weighted by atomic mass is 127. The van der Waals surface area contributed by atoms with E-state index in [4.69, 9.17) is 11.0 Å². The van der Waals surface area contributed by atoms with Gasteiger partial charge in [-0.15, -0.1) is 24.0 Å². The minimum atomic E-state index is 0. The normalized spacial score (nSPS) is 10.6. The van der Waals surface area contributed by atoms with Gasteiger partial charge in [-0.2, -0.15) is 5.26 Å². The molecule has 0 atom stereocenters. The van der Waals surface area contributed by atoms with Crippen LogP contribution in [0.25, 0.3) is 0 Å². The summed E-state index contributed by atoms with van der Waals surface area (Å²) in [5.74, 6) is 0.392. The largest absolute Gasteiger partial charge is 0.370 e. The van der Waals surface area contributed by atoms with Crippen molar-refractivity contribution in [3.05, 3.63) is 64.7 Å². The van der Waals surface area contributed by atoms with Crippen molar-refractivity contribution in [3.8, 4) is 6.07 Å². The highest BCUT2D eigenvalue weighted by Crippen LogP contribution is 2.22. The maximum absolute atomic E-state index is 8.93. The van der Waals surface area contributed by atoms with Crippen molar-refractivity contribution in [2.75, 3.05) is 5.32 Å². The van der Waals surface area contributed by atoms with Crippen molar-refractivity contribution in [3.63, 3.8) is 0 Å². The third-order valence-electron chi connectivity index (χ3n) is 3.74. The van der Waals surface area contributed by atoms with Crippen molar-refractivity contribution in [1.29, 1.82) is 5.26 Å². The van der Waals surface area contributed by atoms with Crippen molar-refractivity contribution >= 4 is 35.6 Å². The Morgan fingerprint density at radius 2 is 1.75 bits per heavy atom. The van der Waals surface area contributed by atoms with E-state index in [9.17, 15) is 0 Å². The second-order valence-corrected chi connectivity index (χ2v) is 5.30. The maximum atomic E-state index is 8.93. The predicted molar refractivity (Wildman–Crippen MR) is 111 cm³/mol. The minimum Gasteiger partial charge on any atom is -0.370 e. The molecular formula is C19H23IN4. The number of nitrogens with one attached hydrogen (secondary N) is 1. The number of nitrogens with zero attached hydrogens (tertiary/aromatic N) is 2. The molecule has 0 saturated carbocycles. The Morgan fingerprint density at radius 1 is 1.12 bits per heavy atom. The maximum Gasteiger partial charge on any atom is 0.193 e. The van der Waals surface area contributed by atoms with Gasteiger partial charge in [-0.1, -0.05) is 44.2 Å². The van der Waals surface area contributed by atoms with Crippen LogP contribution >= 0.6 is 24.0 Å². The van der Waals surface area contributed by atoms with Gasteiger partial charge in [0.1, 0.15) is 0 Å². The molecule has 0 bridgehead atoms. The number of aliphatic imine (C=N–C) groups is 1. The van der Waals surface area contributed by atoms with Crippen LogP contribution in [0.5, 0.6) is 0 Å². The second-order valence-electron chi connectivity index (χ2n) is 5.30. The molecule has 126 valence electrons. The first-order valence-electron chi connectivity index (χ1n) is 7.84. The minimum absolute atomic E-state index is 0. The van der Waals surface area contributed by atoms with Crippen molar-refractivity contribution < 1.29 is 0 Å². The van der Waals surface area contributed by atoms with Crippen LogP contribution in [-0.2, 0) is 19.4 Å². The molecule has 0 amide bonds. The third kappa shape index (κ3) is 5.24. The number of para-hydroxylation sites is 1. The van der Waals surface area contributed by atoms with Crippen LogP contribution in [-0.4, -0.2) is 5.96 Å². The SMILES string of the molecule is CCc1cccc(CC)c1NC(N)=NCc1cccc(C#N)c1.I. The summed E-state index contributed by atoms with van der Waals surface area (Å²) < 4.78 is 0. The van der Waals surface area contributed by atoms with Crippen molar-refractivity contribution in [2.45, 2.75) is 33.2 Å². The monoisotopic (exact) mass is 434 g/mol. The summed E-state index contributed by atoms with van der Waals surface area (Å²) in [5.41, 5.74) is 11.2. The number of hydrogen-bond acceptors (Lipinski definition) is 2. The zero-order valence-electron chi connectivity index (χ0n) is 14.0. The summed E-state index contributed by atoms with van der Waals surface area (Å²) in [4.78, 5) is 4.39. The average Bonchev–Trinajstić information content (AvgIpc) is 2.60. The molecule has 0 aliphatic carbocycles. The number of anilines is 1. The van der Waals surface area contributed by atoms with E-state index in [1.807, 2.05) is 18.2 Å². The zero-order valence-corrected chi connectivity index (χ0v) is 16.4. The second kappa shape index (κ2) is 9.93. The van der Waals surface area contributed by atoms with Gasteiger partial charge in [0.05, 0.1) is 18.2 Å². The van der Waals surface area contributed by atoms with Gasteiger partial charge >= 0.3 is 0 Å². The van der Waals surface area contributed by atoms with E-state index in [1.165, 1.54) is 11.1 Å². The van der Waals surface area contributed by atoms with E-state index in [1.54, 1.807) is 6.07 Å². The standard InChI is InChI=1S/C19H22N4.HI/c1-3-16-9-6-10-17(4-2)18(16)23-19(21)22-13-15-8-5-7-14(11-15)12-20;/h5-11H,3-4,13H2,1-2H3,(H3,21,22,23);1H. The van der Waals surface area contributed by atoms with Crippen LogP contribution in [0, 0.1) is 11.3 Å². The molecule has 2 rings (SSSR count). The molecule has 0 aliphatic heterocycles. The molecule has 0 unspecified atom stereocenters. The molecule has 24 heavy (non-hydrogen) atoms. The molecule has 2 aromatic carbocycles. The summed E-state index contributed by atoms with van der Waals surface area (Å²) >= 11 is 0. The molecule has 0 fully saturated rings. The molecule has 0 aromatic heterocycles. The van der Waals surface area contributed by atoms with Gasteiger partial charge in [0, 0.05) is 5.69 Å². The summed E-state index contributed by atoms with van der Waals surface area (Å²) in [5, 5.41) is 12.2. The van der Waals surface area contributed by atoms with Crippen LogP contribution in [0.4, 0.5) is 5.69 Å². The fourth-order valence-corrected chi connectivity index (χ4v) is 2.49. The van der Waals surface area contributed by atoms with E-state index in [0.29, 0.717) is 18.1 Å². The Balaban J connectivity index is 0.00000288. The fraction of sp³-hybridized carbons (Fsp3) is 0.263. The van der Waals surface area contributed by atoms with Gasteiger partial charge in [-0.3, -0.25) is 0 Å². The van der Waals surface area contributed by atoms with Crippen LogP contribution in [0.1, 0.15) is 36.1 Å². The smallest absolute Gasteiger partial charge is 0.193 e. The predicted octanol–water partition coefficient (Wildman–Crippen LogP) is 4.23. The topological polar surface area (TPSA) is 74.2 Å². The first-order valence-corrected chi connectivity index (χ1v) is 7.84. The molecule has 4 nitrogen and oxygen atoms in total. The van der Waals surface area contributed by atoms with Crippen LogP contribution in [0.2, 0.25) is 0 Å². The number of hydrogen-bond donors (Lipinski definition) is 2. The van der Waals surface area contributed by atoms with E-state index >= 15 is 0 Å². The number of rotatable bonds is 5. The number of aryl methyl sites for hydroxylation is 2. The van der Waals surface area contributed by atoms with Gasteiger partial charge in [-0.05, 0) is 41.7 Å². The Morgan fingerprint density at radius 3 is 2.33 bits per heavy atom. The summed E-state index contributed by atoms with van der Waals surface area (Å²) in [6.07, 6.45) is 1.88. The first-order chi connectivity index (χ1) is 11.2. The first kappa shape index (κ1) is 20.0. The van der Waals surface area contributed by atoms with E-state index in [2.05, 4.69) is 48.4 Å². The Labute approximate surface area is 160 Å². The van der Waals surface area contributed by atoms with Gasteiger partial charge in [0.15, 0.2) is 5.96 Å². The number of halogens is 1. The number of guanidine groups is 1. The van der Waals surface area contributed by atoms with Gasteiger partial charge in [0.2, 0.25) is 0 Å². The van der Waals surface area contributed by atoms with Crippen molar-refractivity contribution in [2.24, 2.45) is 10.7 Å². The zero-order chi connectivity index (χ0) is 16.7. The quantitative estimate of drug-likeness (QED) is 0.420.